The highest BCUT2D eigenvalue weighted by Crippen LogP contribution is 2.30. The zero-order valence-electron chi connectivity index (χ0n) is 8.73. The molecule has 6 heteroatoms. The van der Waals surface area contributed by atoms with Gasteiger partial charge < -0.3 is 15.7 Å². The van der Waals surface area contributed by atoms with E-state index in [1.807, 2.05) is 6.07 Å². The fourth-order valence-electron chi connectivity index (χ4n) is 1.68. The highest BCUT2D eigenvalue weighted by atomic mass is 16.4. The summed E-state index contributed by atoms with van der Waals surface area (Å²) >= 11 is 0. The van der Waals surface area contributed by atoms with Gasteiger partial charge in [0.05, 0.1) is 23.4 Å². The van der Waals surface area contributed by atoms with Crippen molar-refractivity contribution in [2.75, 3.05) is 10.6 Å². The number of hydrogen-bond donors (Lipinski definition) is 3. The van der Waals surface area contributed by atoms with Crippen LogP contribution in [0.15, 0.2) is 18.2 Å². The minimum Gasteiger partial charge on any atom is -0.481 e. The van der Waals surface area contributed by atoms with Crippen LogP contribution in [0.1, 0.15) is 12.0 Å². The van der Waals surface area contributed by atoms with Gasteiger partial charge in [0.2, 0.25) is 5.91 Å². The van der Waals surface area contributed by atoms with Crippen molar-refractivity contribution in [2.24, 2.45) is 0 Å². The van der Waals surface area contributed by atoms with E-state index in [1.165, 1.54) is 0 Å². The van der Waals surface area contributed by atoms with E-state index >= 15 is 0 Å². The van der Waals surface area contributed by atoms with Crippen LogP contribution in [0.2, 0.25) is 0 Å². The minimum absolute atomic E-state index is 0.304. The molecule has 0 aliphatic carbocycles. The maximum absolute atomic E-state index is 11.6. The third kappa shape index (κ3) is 2.03. The van der Waals surface area contributed by atoms with Gasteiger partial charge in [-0.3, -0.25) is 9.59 Å². The lowest BCUT2D eigenvalue weighted by atomic mass is 10.1. The summed E-state index contributed by atoms with van der Waals surface area (Å²) in [6, 6.07) is 6.08. The van der Waals surface area contributed by atoms with Gasteiger partial charge in [-0.1, -0.05) is 6.07 Å². The second-order valence-corrected chi connectivity index (χ2v) is 3.62. The number of para-hydroxylation sites is 1. The fraction of sp³-hybridized carbons (Fsp3) is 0.182. The molecular weight excluding hydrogens is 222 g/mol. The number of amides is 1. The molecule has 17 heavy (non-hydrogen) atoms. The van der Waals surface area contributed by atoms with Crippen molar-refractivity contribution in [1.29, 1.82) is 5.26 Å². The molecular formula is C11H9N3O3. The third-order valence-corrected chi connectivity index (χ3v) is 2.46. The van der Waals surface area contributed by atoms with E-state index in [1.54, 1.807) is 18.2 Å². The smallest absolute Gasteiger partial charge is 0.305 e. The van der Waals surface area contributed by atoms with Crippen molar-refractivity contribution in [3.05, 3.63) is 23.8 Å². The van der Waals surface area contributed by atoms with Crippen molar-refractivity contribution in [3.63, 3.8) is 0 Å². The molecule has 1 aromatic carbocycles. The average Bonchev–Trinajstić information content (AvgIpc) is 2.29. The molecule has 3 N–H and O–H groups in total. The maximum atomic E-state index is 11.6. The van der Waals surface area contributed by atoms with Crippen LogP contribution in [0.3, 0.4) is 0 Å². The predicted molar refractivity (Wildman–Crippen MR) is 59.5 cm³/mol. The first kappa shape index (κ1) is 11.0. The molecule has 1 aromatic rings. The van der Waals surface area contributed by atoms with Crippen molar-refractivity contribution in [1.82, 2.24) is 0 Å². The van der Waals surface area contributed by atoms with E-state index in [-0.39, 0.29) is 6.42 Å². The van der Waals surface area contributed by atoms with Gasteiger partial charge in [-0.15, -0.1) is 0 Å². The van der Waals surface area contributed by atoms with Crippen LogP contribution < -0.4 is 10.6 Å². The Morgan fingerprint density at radius 2 is 2.29 bits per heavy atom. The van der Waals surface area contributed by atoms with Gasteiger partial charge in [-0.05, 0) is 12.1 Å². The van der Waals surface area contributed by atoms with E-state index in [4.69, 9.17) is 10.4 Å². The molecule has 6 nitrogen and oxygen atoms in total. The van der Waals surface area contributed by atoms with Crippen LogP contribution in [0.5, 0.6) is 0 Å². The van der Waals surface area contributed by atoms with Gasteiger partial charge in [0, 0.05) is 0 Å². The zero-order valence-corrected chi connectivity index (χ0v) is 8.73. The largest absolute Gasteiger partial charge is 0.481 e. The first-order valence-electron chi connectivity index (χ1n) is 4.94. The van der Waals surface area contributed by atoms with Crippen LogP contribution in [0, 0.1) is 11.3 Å². The zero-order chi connectivity index (χ0) is 12.4. The number of benzene rings is 1. The molecule has 86 valence electrons. The van der Waals surface area contributed by atoms with Gasteiger partial charge in [-0.2, -0.15) is 5.26 Å². The Labute approximate surface area is 96.9 Å². The average molecular weight is 231 g/mol. The summed E-state index contributed by atoms with van der Waals surface area (Å²) in [7, 11) is 0. The summed E-state index contributed by atoms with van der Waals surface area (Å²) in [4.78, 5) is 22.2. The van der Waals surface area contributed by atoms with Gasteiger partial charge in [0.25, 0.3) is 0 Å². The minimum atomic E-state index is -1.06. The SMILES string of the molecule is N#Cc1cccc2c1NC(=O)C(CC(=O)O)N2. The van der Waals surface area contributed by atoms with Gasteiger partial charge in [0.1, 0.15) is 12.1 Å². The van der Waals surface area contributed by atoms with Crippen LogP contribution in [-0.2, 0) is 9.59 Å². The molecule has 1 aliphatic heterocycles. The Morgan fingerprint density at radius 3 is 2.94 bits per heavy atom. The summed E-state index contributed by atoms with van der Waals surface area (Å²) in [5.41, 5.74) is 1.31. The number of nitrogens with one attached hydrogen (secondary N) is 2. The Hall–Kier alpha value is -2.55. The van der Waals surface area contributed by atoms with Crippen molar-refractivity contribution in [3.8, 4) is 6.07 Å². The molecule has 2 rings (SSSR count). The number of nitriles is 1. The number of carbonyl (C=O) groups is 2. The molecule has 0 aromatic heterocycles. The topological polar surface area (TPSA) is 102 Å². The lowest BCUT2D eigenvalue weighted by Crippen LogP contribution is -2.40. The standard InChI is InChI=1S/C11H9N3O3/c12-5-6-2-1-3-7-10(6)14-11(17)8(13-7)4-9(15)16/h1-3,8,13H,4H2,(H,14,17)(H,15,16). The molecule has 0 fully saturated rings. The molecule has 1 amide bonds. The first-order valence-corrected chi connectivity index (χ1v) is 4.94. The quantitative estimate of drug-likeness (QED) is 0.697. The number of carboxylic acid groups (broad SMARTS) is 1. The van der Waals surface area contributed by atoms with Gasteiger partial charge >= 0.3 is 5.97 Å². The van der Waals surface area contributed by atoms with Crippen LogP contribution in [0.25, 0.3) is 0 Å². The number of anilines is 2. The predicted octanol–water partition coefficient (Wildman–Crippen LogP) is 0.766. The van der Waals surface area contributed by atoms with Crippen molar-refractivity contribution in [2.45, 2.75) is 12.5 Å². The molecule has 0 radical (unpaired) electrons. The first-order chi connectivity index (χ1) is 8.11. The molecule has 1 heterocycles. The monoisotopic (exact) mass is 231 g/mol. The molecule has 0 spiro atoms. The van der Waals surface area contributed by atoms with Crippen LogP contribution in [-0.4, -0.2) is 23.0 Å². The molecule has 1 atom stereocenters. The normalized spacial score (nSPS) is 17.4. The molecule has 0 saturated heterocycles. The lowest BCUT2D eigenvalue weighted by Gasteiger charge is -2.26. The van der Waals surface area contributed by atoms with Crippen LogP contribution in [0.4, 0.5) is 11.4 Å². The number of carboxylic acids is 1. The van der Waals surface area contributed by atoms with E-state index in [2.05, 4.69) is 10.6 Å². The number of nitrogens with zero attached hydrogens (tertiary/aromatic N) is 1. The van der Waals surface area contributed by atoms with E-state index in [0.29, 0.717) is 16.9 Å². The second kappa shape index (κ2) is 4.14. The Morgan fingerprint density at radius 1 is 1.53 bits per heavy atom. The summed E-state index contributed by atoms with van der Waals surface area (Å²) in [5.74, 6) is -1.50. The Balaban J connectivity index is 2.34. The van der Waals surface area contributed by atoms with Crippen LogP contribution >= 0.6 is 0 Å². The number of fused-ring (bicyclic) bond motifs is 1. The highest BCUT2D eigenvalue weighted by Gasteiger charge is 2.28. The highest BCUT2D eigenvalue weighted by molar-refractivity contribution is 6.05. The lowest BCUT2D eigenvalue weighted by molar-refractivity contribution is -0.138. The maximum Gasteiger partial charge on any atom is 0.305 e. The molecule has 0 saturated carbocycles. The van der Waals surface area contributed by atoms with Gasteiger partial charge in [-0.25, -0.2) is 0 Å². The van der Waals surface area contributed by atoms with Crippen molar-refractivity contribution >= 4 is 23.3 Å². The summed E-state index contributed by atoms with van der Waals surface area (Å²) < 4.78 is 0. The number of carbonyl (C=O) groups excluding carboxylic acids is 1. The summed E-state index contributed by atoms with van der Waals surface area (Å²) in [5, 5.41) is 22.9. The molecule has 1 aliphatic rings. The fourth-order valence-corrected chi connectivity index (χ4v) is 1.68. The Kier molecular flexibility index (Phi) is 2.66. The number of hydrogen-bond acceptors (Lipinski definition) is 4. The Bertz CT molecular complexity index is 533. The van der Waals surface area contributed by atoms with E-state index in [0.717, 1.165) is 0 Å². The third-order valence-electron chi connectivity index (χ3n) is 2.46. The second-order valence-electron chi connectivity index (χ2n) is 3.62. The molecule has 0 bridgehead atoms. The number of rotatable bonds is 2. The van der Waals surface area contributed by atoms with E-state index in [9.17, 15) is 9.59 Å². The molecule has 1 unspecified atom stereocenters. The summed E-state index contributed by atoms with van der Waals surface area (Å²) in [6.45, 7) is 0. The number of aliphatic carboxylic acids is 1. The summed E-state index contributed by atoms with van der Waals surface area (Å²) in [6.07, 6.45) is -0.304. The van der Waals surface area contributed by atoms with Crippen molar-refractivity contribution < 1.29 is 14.7 Å². The van der Waals surface area contributed by atoms with E-state index < -0.39 is 17.9 Å². The van der Waals surface area contributed by atoms with Gasteiger partial charge in [0.15, 0.2) is 0 Å².